The van der Waals surface area contributed by atoms with Gasteiger partial charge in [0.25, 0.3) is 0 Å². The molecule has 2 aliphatic rings. The topological polar surface area (TPSA) is 49.4 Å². The van der Waals surface area contributed by atoms with Crippen molar-refractivity contribution in [2.24, 2.45) is 11.8 Å². The van der Waals surface area contributed by atoms with E-state index in [1.54, 1.807) is 11.8 Å². The number of alkyl halides is 1. The highest BCUT2D eigenvalue weighted by atomic mass is 35.5. The summed E-state index contributed by atoms with van der Waals surface area (Å²) in [5.41, 5.74) is 0. The normalized spacial score (nSPS) is 20.8. The van der Waals surface area contributed by atoms with E-state index in [9.17, 15) is 9.59 Å². The monoisotopic (exact) mass is 258 g/mol. The van der Waals surface area contributed by atoms with Gasteiger partial charge < -0.3 is 4.90 Å². The molecule has 2 fully saturated rings. The van der Waals surface area contributed by atoms with E-state index in [1.165, 1.54) is 25.7 Å². The van der Waals surface area contributed by atoms with Crippen molar-refractivity contribution in [1.82, 2.24) is 10.2 Å². The second-order valence-corrected chi connectivity index (χ2v) is 5.86. The van der Waals surface area contributed by atoms with Gasteiger partial charge in [0.1, 0.15) is 5.38 Å². The van der Waals surface area contributed by atoms with Gasteiger partial charge in [0.2, 0.25) is 5.91 Å². The third-order valence-electron chi connectivity index (χ3n) is 3.23. The third kappa shape index (κ3) is 4.19. The third-order valence-corrected chi connectivity index (χ3v) is 3.43. The summed E-state index contributed by atoms with van der Waals surface area (Å²) in [6, 6.07) is -0.277. The molecule has 2 aliphatic carbocycles. The van der Waals surface area contributed by atoms with E-state index in [0.717, 1.165) is 13.1 Å². The van der Waals surface area contributed by atoms with Crippen molar-refractivity contribution in [1.29, 1.82) is 0 Å². The highest BCUT2D eigenvalue weighted by Crippen LogP contribution is 2.33. The van der Waals surface area contributed by atoms with E-state index in [2.05, 4.69) is 5.32 Å². The molecule has 0 aromatic heterocycles. The molecule has 4 nitrogen and oxygen atoms in total. The molecular formula is C12H19ClN2O2. The number of hydrogen-bond acceptors (Lipinski definition) is 2. The van der Waals surface area contributed by atoms with Gasteiger partial charge in [-0.05, 0) is 44.4 Å². The van der Waals surface area contributed by atoms with Gasteiger partial charge in [-0.15, -0.1) is 11.6 Å². The molecule has 0 saturated heterocycles. The number of nitrogens with one attached hydrogen (secondary N) is 1. The Morgan fingerprint density at radius 2 is 1.71 bits per heavy atom. The number of urea groups is 1. The second kappa shape index (κ2) is 5.25. The van der Waals surface area contributed by atoms with E-state index < -0.39 is 11.3 Å². The fourth-order valence-corrected chi connectivity index (χ4v) is 1.80. The van der Waals surface area contributed by atoms with Crippen molar-refractivity contribution in [3.63, 3.8) is 0 Å². The predicted octanol–water partition coefficient (Wildman–Crippen LogP) is 1.97. The van der Waals surface area contributed by atoms with Crippen LogP contribution < -0.4 is 5.32 Å². The van der Waals surface area contributed by atoms with Gasteiger partial charge in [0.05, 0.1) is 0 Å². The van der Waals surface area contributed by atoms with Crippen molar-refractivity contribution in [2.45, 2.75) is 38.0 Å². The standard InChI is InChI=1S/C12H19ClN2O2/c1-8(13)11(16)14-12(17)15(6-9-2-3-9)7-10-4-5-10/h8-10H,2-7H2,1H3,(H,14,16,17). The summed E-state index contributed by atoms with van der Waals surface area (Å²) in [7, 11) is 0. The Morgan fingerprint density at radius 3 is 2.06 bits per heavy atom. The van der Waals surface area contributed by atoms with Gasteiger partial charge in [-0.1, -0.05) is 0 Å². The smallest absolute Gasteiger partial charge is 0.324 e. The van der Waals surface area contributed by atoms with Gasteiger partial charge >= 0.3 is 6.03 Å². The molecule has 1 unspecified atom stereocenters. The lowest BCUT2D eigenvalue weighted by Crippen LogP contribution is -2.46. The molecule has 0 aromatic carbocycles. The zero-order valence-corrected chi connectivity index (χ0v) is 10.9. The van der Waals surface area contributed by atoms with Crippen LogP contribution in [0.2, 0.25) is 0 Å². The van der Waals surface area contributed by atoms with Crippen molar-refractivity contribution in [2.75, 3.05) is 13.1 Å². The number of nitrogens with zero attached hydrogens (tertiary/aromatic N) is 1. The fourth-order valence-electron chi connectivity index (χ4n) is 1.75. The van der Waals surface area contributed by atoms with Crippen LogP contribution in [0.15, 0.2) is 0 Å². The predicted molar refractivity (Wildman–Crippen MR) is 65.9 cm³/mol. The van der Waals surface area contributed by atoms with Crippen LogP contribution in [0, 0.1) is 11.8 Å². The Bertz CT molecular complexity index is 298. The average molecular weight is 259 g/mol. The van der Waals surface area contributed by atoms with Crippen LogP contribution in [0.1, 0.15) is 32.6 Å². The zero-order chi connectivity index (χ0) is 12.4. The van der Waals surface area contributed by atoms with Gasteiger partial charge in [-0.3, -0.25) is 10.1 Å². The summed E-state index contributed by atoms with van der Waals surface area (Å²) in [5.74, 6) is 0.874. The minimum absolute atomic E-state index is 0.277. The van der Waals surface area contributed by atoms with Gasteiger partial charge in [-0.2, -0.15) is 0 Å². The maximum Gasteiger partial charge on any atom is 0.324 e. The van der Waals surface area contributed by atoms with E-state index >= 15 is 0 Å². The van der Waals surface area contributed by atoms with Gasteiger partial charge in [-0.25, -0.2) is 4.79 Å². The minimum atomic E-state index is -0.664. The molecule has 0 spiro atoms. The SMILES string of the molecule is CC(Cl)C(=O)NC(=O)N(CC1CC1)CC1CC1. The van der Waals surface area contributed by atoms with Crippen LogP contribution in [-0.2, 0) is 4.79 Å². The Kier molecular flexibility index (Phi) is 3.92. The Labute approximate surface area is 107 Å². The van der Waals surface area contributed by atoms with E-state index in [-0.39, 0.29) is 6.03 Å². The van der Waals surface area contributed by atoms with Crippen LogP contribution in [0.3, 0.4) is 0 Å². The molecular weight excluding hydrogens is 240 g/mol. The molecule has 0 aliphatic heterocycles. The highest BCUT2D eigenvalue weighted by Gasteiger charge is 2.32. The Balaban J connectivity index is 1.83. The van der Waals surface area contributed by atoms with E-state index in [1.807, 2.05) is 0 Å². The molecule has 1 N–H and O–H groups in total. The molecule has 0 bridgehead atoms. The van der Waals surface area contributed by atoms with Gasteiger partial charge in [0, 0.05) is 13.1 Å². The summed E-state index contributed by atoms with van der Waals surface area (Å²) >= 11 is 5.63. The van der Waals surface area contributed by atoms with Crippen LogP contribution >= 0.6 is 11.6 Å². The summed E-state index contributed by atoms with van der Waals surface area (Å²) < 4.78 is 0. The molecule has 0 radical (unpaired) electrons. The van der Waals surface area contributed by atoms with Crippen LogP contribution in [0.4, 0.5) is 4.79 Å². The summed E-state index contributed by atoms with van der Waals surface area (Å²) in [6.07, 6.45) is 4.81. The molecule has 3 amide bonds. The summed E-state index contributed by atoms with van der Waals surface area (Å²) in [5, 5.41) is 1.70. The Morgan fingerprint density at radius 1 is 1.24 bits per heavy atom. The van der Waals surface area contributed by atoms with Crippen molar-refractivity contribution < 1.29 is 9.59 Å². The molecule has 17 heavy (non-hydrogen) atoms. The van der Waals surface area contributed by atoms with Crippen LogP contribution in [0.25, 0.3) is 0 Å². The number of carbonyl (C=O) groups is 2. The lowest BCUT2D eigenvalue weighted by molar-refractivity contribution is -0.119. The zero-order valence-electron chi connectivity index (χ0n) is 10.1. The molecule has 96 valence electrons. The average Bonchev–Trinajstić information content (AvgIpc) is 3.10. The maximum absolute atomic E-state index is 11.9. The first-order chi connectivity index (χ1) is 8.06. The lowest BCUT2D eigenvalue weighted by Gasteiger charge is -2.22. The van der Waals surface area contributed by atoms with Crippen LogP contribution in [-0.4, -0.2) is 35.3 Å². The van der Waals surface area contributed by atoms with E-state index in [4.69, 9.17) is 11.6 Å². The lowest BCUT2D eigenvalue weighted by atomic mass is 10.3. The number of carbonyl (C=O) groups excluding carboxylic acids is 2. The Hall–Kier alpha value is -0.770. The molecule has 5 heteroatoms. The number of hydrogen-bond donors (Lipinski definition) is 1. The summed E-state index contributed by atoms with van der Waals surface area (Å²) in [6.45, 7) is 3.13. The van der Waals surface area contributed by atoms with Crippen molar-refractivity contribution in [3.8, 4) is 0 Å². The number of rotatable bonds is 5. The molecule has 1 atom stereocenters. The van der Waals surface area contributed by atoms with Gasteiger partial charge in [0.15, 0.2) is 0 Å². The first-order valence-corrected chi connectivity index (χ1v) is 6.73. The second-order valence-electron chi connectivity index (χ2n) is 5.20. The number of halogens is 1. The van der Waals surface area contributed by atoms with E-state index in [0.29, 0.717) is 11.8 Å². The maximum atomic E-state index is 11.9. The molecule has 0 aromatic rings. The first-order valence-electron chi connectivity index (χ1n) is 6.30. The minimum Gasteiger partial charge on any atom is -0.324 e. The van der Waals surface area contributed by atoms with Crippen LogP contribution in [0.5, 0.6) is 0 Å². The quantitative estimate of drug-likeness (QED) is 0.767. The van der Waals surface area contributed by atoms with Crippen molar-refractivity contribution in [3.05, 3.63) is 0 Å². The molecule has 0 heterocycles. The highest BCUT2D eigenvalue weighted by molar-refractivity contribution is 6.31. The first kappa shape index (κ1) is 12.7. The van der Waals surface area contributed by atoms with Crippen molar-refractivity contribution >= 4 is 23.5 Å². The molecule has 2 rings (SSSR count). The fraction of sp³-hybridized carbons (Fsp3) is 0.833. The summed E-state index contributed by atoms with van der Waals surface area (Å²) in [4.78, 5) is 25.1. The molecule has 2 saturated carbocycles. The number of imide groups is 1. The largest absolute Gasteiger partial charge is 0.324 e. The number of amides is 3.